The number of nitrogens with one attached hydrogen (secondary N) is 1. The summed E-state index contributed by atoms with van der Waals surface area (Å²) in [4.78, 5) is 23.1. The van der Waals surface area contributed by atoms with Crippen LogP contribution in [0.15, 0.2) is 36.7 Å². The van der Waals surface area contributed by atoms with Gasteiger partial charge in [0.15, 0.2) is 0 Å². The number of nitrogen functional groups attached to an aromatic ring is 1. The maximum atomic E-state index is 12.2. The van der Waals surface area contributed by atoms with Gasteiger partial charge in [0.05, 0.1) is 6.42 Å². The minimum absolute atomic E-state index is 0.0681. The zero-order chi connectivity index (χ0) is 17.6. The molecule has 2 aromatic rings. The van der Waals surface area contributed by atoms with Gasteiger partial charge in [0.1, 0.15) is 12.1 Å². The summed E-state index contributed by atoms with van der Waals surface area (Å²) in [6.45, 7) is 3.88. The fraction of sp³-hybridized carbons (Fsp3) is 0.421. The highest BCUT2D eigenvalue weighted by Crippen LogP contribution is 2.18. The van der Waals surface area contributed by atoms with Crippen LogP contribution in [0.3, 0.4) is 0 Å². The average Bonchev–Trinajstić information content (AvgIpc) is 2.64. The van der Waals surface area contributed by atoms with Crippen molar-refractivity contribution in [1.82, 2.24) is 15.3 Å². The lowest BCUT2D eigenvalue weighted by Gasteiger charge is -2.33. The summed E-state index contributed by atoms with van der Waals surface area (Å²) in [5.74, 6) is 1.05. The molecule has 0 spiro atoms. The molecular weight excluding hydrogens is 314 g/mol. The molecule has 0 atom stereocenters. The Morgan fingerprint density at radius 3 is 2.64 bits per heavy atom. The number of aryl methyl sites for hydroxylation is 1. The van der Waals surface area contributed by atoms with Gasteiger partial charge in [-0.1, -0.05) is 19.1 Å². The third-order valence-electron chi connectivity index (χ3n) is 4.60. The number of benzene rings is 1. The van der Waals surface area contributed by atoms with Crippen LogP contribution >= 0.6 is 0 Å². The van der Waals surface area contributed by atoms with Gasteiger partial charge in [-0.25, -0.2) is 9.97 Å². The van der Waals surface area contributed by atoms with Crippen molar-refractivity contribution in [1.29, 1.82) is 0 Å². The first-order chi connectivity index (χ1) is 12.1. The number of hydrogen-bond donors (Lipinski definition) is 2. The molecule has 1 fully saturated rings. The highest BCUT2D eigenvalue weighted by Gasteiger charge is 2.21. The van der Waals surface area contributed by atoms with E-state index in [1.165, 1.54) is 0 Å². The van der Waals surface area contributed by atoms with Gasteiger partial charge in [0, 0.05) is 36.6 Å². The number of nitrogens with two attached hydrogens (primary N) is 1. The van der Waals surface area contributed by atoms with Crippen LogP contribution in [0.25, 0.3) is 0 Å². The maximum absolute atomic E-state index is 12.2. The molecule has 25 heavy (non-hydrogen) atoms. The number of nitrogens with zero attached hydrogens (tertiary/aromatic N) is 3. The number of anilines is 2. The van der Waals surface area contributed by atoms with Gasteiger partial charge in [0.2, 0.25) is 5.91 Å². The molecule has 0 radical (unpaired) electrons. The largest absolute Gasteiger partial charge is 0.399 e. The first kappa shape index (κ1) is 17.2. The number of rotatable bonds is 5. The lowest BCUT2D eigenvalue weighted by Crippen LogP contribution is -2.45. The summed E-state index contributed by atoms with van der Waals surface area (Å²) in [5.41, 5.74) is 8.43. The van der Waals surface area contributed by atoms with E-state index in [4.69, 9.17) is 5.73 Å². The van der Waals surface area contributed by atoms with E-state index in [9.17, 15) is 4.79 Å². The Hall–Kier alpha value is -2.63. The minimum atomic E-state index is 0.0681. The SMILES string of the molecule is CCc1cc(N2CCC(NC(=O)Cc3ccc(N)cc3)CC2)ncn1. The first-order valence-electron chi connectivity index (χ1n) is 8.83. The Labute approximate surface area is 148 Å². The molecule has 2 heterocycles. The van der Waals surface area contributed by atoms with E-state index in [1.807, 2.05) is 24.3 Å². The molecule has 1 aliphatic heterocycles. The molecule has 6 nitrogen and oxygen atoms in total. The smallest absolute Gasteiger partial charge is 0.224 e. The summed E-state index contributed by atoms with van der Waals surface area (Å²) in [7, 11) is 0. The second-order valence-electron chi connectivity index (χ2n) is 6.47. The van der Waals surface area contributed by atoms with Crippen LogP contribution in [-0.2, 0) is 17.6 Å². The van der Waals surface area contributed by atoms with Gasteiger partial charge in [-0.05, 0) is 37.0 Å². The van der Waals surface area contributed by atoms with Crippen LogP contribution < -0.4 is 16.0 Å². The van der Waals surface area contributed by atoms with Gasteiger partial charge in [-0.15, -0.1) is 0 Å². The molecule has 0 saturated carbocycles. The third-order valence-corrected chi connectivity index (χ3v) is 4.60. The van der Waals surface area contributed by atoms with Crippen molar-refractivity contribution in [3.63, 3.8) is 0 Å². The Morgan fingerprint density at radius 1 is 1.24 bits per heavy atom. The summed E-state index contributed by atoms with van der Waals surface area (Å²) < 4.78 is 0. The van der Waals surface area contributed by atoms with E-state index in [0.29, 0.717) is 12.1 Å². The Balaban J connectivity index is 1.48. The van der Waals surface area contributed by atoms with E-state index in [2.05, 4.69) is 33.2 Å². The van der Waals surface area contributed by atoms with Crippen LogP contribution in [0.2, 0.25) is 0 Å². The fourth-order valence-corrected chi connectivity index (χ4v) is 3.10. The predicted octanol–water partition coefficient (Wildman–Crippen LogP) is 1.95. The molecule has 0 bridgehead atoms. The summed E-state index contributed by atoms with van der Waals surface area (Å²) in [6.07, 6.45) is 4.80. The standard InChI is InChI=1S/C19H25N5O/c1-2-16-12-18(22-13-21-16)24-9-7-17(8-10-24)23-19(25)11-14-3-5-15(20)6-4-14/h3-6,12-13,17H,2,7-11,20H2,1H3,(H,23,25). The third kappa shape index (κ3) is 4.68. The minimum Gasteiger partial charge on any atom is -0.399 e. The Bertz CT molecular complexity index is 708. The number of piperidine rings is 1. The van der Waals surface area contributed by atoms with E-state index >= 15 is 0 Å². The highest BCUT2D eigenvalue weighted by molar-refractivity contribution is 5.79. The van der Waals surface area contributed by atoms with E-state index in [-0.39, 0.29) is 11.9 Å². The number of carbonyl (C=O) groups excluding carboxylic acids is 1. The predicted molar refractivity (Wildman–Crippen MR) is 99.3 cm³/mol. The van der Waals surface area contributed by atoms with Gasteiger partial charge in [0.25, 0.3) is 0 Å². The van der Waals surface area contributed by atoms with Crippen LogP contribution in [-0.4, -0.2) is 35.0 Å². The molecule has 132 valence electrons. The molecule has 1 aliphatic rings. The van der Waals surface area contributed by atoms with Gasteiger partial charge in [-0.2, -0.15) is 0 Å². The molecule has 1 amide bonds. The lowest BCUT2D eigenvalue weighted by atomic mass is 10.0. The first-order valence-corrected chi connectivity index (χ1v) is 8.83. The summed E-state index contributed by atoms with van der Waals surface area (Å²) in [5, 5.41) is 3.15. The quantitative estimate of drug-likeness (QED) is 0.814. The molecule has 6 heteroatoms. The summed E-state index contributed by atoms with van der Waals surface area (Å²) >= 11 is 0. The van der Waals surface area contributed by atoms with E-state index in [1.54, 1.807) is 6.33 Å². The zero-order valence-corrected chi connectivity index (χ0v) is 14.6. The second kappa shape index (κ2) is 7.96. The van der Waals surface area contributed by atoms with Crippen LogP contribution in [0.5, 0.6) is 0 Å². The number of amides is 1. The second-order valence-corrected chi connectivity index (χ2v) is 6.47. The molecule has 3 N–H and O–H groups in total. The van der Waals surface area contributed by atoms with Gasteiger partial charge < -0.3 is 16.0 Å². The molecular formula is C19H25N5O. The van der Waals surface area contributed by atoms with E-state index in [0.717, 1.165) is 49.4 Å². The topological polar surface area (TPSA) is 84.1 Å². The molecule has 0 aliphatic carbocycles. The Morgan fingerprint density at radius 2 is 1.96 bits per heavy atom. The zero-order valence-electron chi connectivity index (χ0n) is 14.6. The van der Waals surface area contributed by atoms with Crippen molar-refractivity contribution in [2.45, 2.75) is 38.6 Å². The molecule has 3 rings (SSSR count). The van der Waals surface area contributed by atoms with Crippen molar-refractivity contribution in [3.8, 4) is 0 Å². The van der Waals surface area contributed by atoms with Crippen LogP contribution in [0.4, 0.5) is 11.5 Å². The average molecular weight is 339 g/mol. The van der Waals surface area contributed by atoms with Crippen molar-refractivity contribution in [2.75, 3.05) is 23.7 Å². The normalized spacial score (nSPS) is 15.2. The maximum Gasteiger partial charge on any atom is 0.224 e. The van der Waals surface area contributed by atoms with Crippen LogP contribution in [0.1, 0.15) is 31.0 Å². The van der Waals surface area contributed by atoms with E-state index < -0.39 is 0 Å². The molecule has 1 aromatic heterocycles. The van der Waals surface area contributed by atoms with Crippen LogP contribution in [0, 0.1) is 0 Å². The lowest BCUT2D eigenvalue weighted by molar-refractivity contribution is -0.121. The van der Waals surface area contributed by atoms with Gasteiger partial charge in [-0.3, -0.25) is 4.79 Å². The summed E-state index contributed by atoms with van der Waals surface area (Å²) in [6, 6.07) is 9.74. The number of hydrogen-bond acceptors (Lipinski definition) is 5. The fourth-order valence-electron chi connectivity index (χ4n) is 3.10. The molecule has 0 unspecified atom stereocenters. The highest BCUT2D eigenvalue weighted by atomic mass is 16.1. The van der Waals surface area contributed by atoms with Gasteiger partial charge >= 0.3 is 0 Å². The molecule has 1 aromatic carbocycles. The van der Waals surface area contributed by atoms with Crippen molar-refractivity contribution in [2.24, 2.45) is 0 Å². The molecule has 1 saturated heterocycles. The number of carbonyl (C=O) groups is 1. The monoisotopic (exact) mass is 339 g/mol. The van der Waals surface area contributed by atoms with Crippen molar-refractivity contribution in [3.05, 3.63) is 47.9 Å². The Kier molecular flexibility index (Phi) is 5.48. The van der Waals surface area contributed by atoms with Crippen molar-refractivity contribution < 1.29 is 4.79 Å². The number of aromatic nitrogens is 2. The van der Waals surface area contributed by atoms with Crippen molar-refractivity contribution >= 4 is 17.4 Å².